The van der Waals surface area contributed by atoms with Crippen molar-refractivity contribution >= 4 is 5.91 Å². The van der Waals surface area contributed by atoms with Gasteiger partial charge < -0.3 is 15.2 Å². The van der Waals surface area contributed by atoms with Crippen molar-refractivity contribution in [2.24, 2.45) is 5.73 Å². The van der Waals surface area contributed by atoms with Gasteiger partial charge in [-0.3, -0.25) is 4.79 Å². The quantitative estimate of drug-likeness (QED) is 0.721. The van der Waals surface area contributed by atoms with E-state index in [1.54, 1.807) is 0 Å². The molecule has 1 atom stereocenters. The standard InChI is InChI=1S/C10H15N3O/c11-9-3-6-13(7-9)10(14)8-12-4-1-2-5-12/h1-2,4-5,9H,3,6-8,11H2/t9-/m0/s1. The molecular weight excluding hydrogens is 178 g/mol. The predicted molar refractivity (Wildman–Crippen MR) is 53.6 cm³/mol. The highest BCUT2D eigenvalue weighted by Crippen LogP contribution is 2.07. The molecule has 1 aromatic heterocycles. The highest BCUT2D eigenvalue weighted by Gasteiger charge is 2.23. The summed E-state index contributed by atoms with van der Waals surface area (Å²) in [6.07, 6.45) is 4.72. The Labute approximate surface area is 83.3 Å². The van der Waals surface area contributed by atoms with Crippen molar-refractivity contribution < 1.29 is 4.79 Å². The predicted octanol–water partition coefficient (Wildman–Crippen LogP) is 0.0477. The Morgan fingerprint density at radius 1 is 1.43 bits per heavy atom. The lowest BCUT2D eigenvalue weighted by molar-refractivity contribution is -0.130. The van der Waals surface area contributed by atoms with E-state index in [1.165, 1.54) is 0 Å². The molecule has 2 rings (SSSR count). The van der Waals surface area contributed by atoms with Gasteiger partial charge in [-0.1, -0.05) is 0 Å². The number of nitrogens with zero attached hydrogens (tertiary/aromatic N) is 2. The molecule has 2 N–H and O–H groups in total. The molecule has 14 heavy (non-hydrogen) atoms. The Morgan fingerprint density at radius 3 is 2.71 bits per heavy atom. The molecule has 1 fully saturated rings. The monoisotopic (exact) mass is 193 g/mol. The average Bonchev–Trinajstić information content (AvgIpc) is 2.75. The van der Waals surface area contributed by atoms with Crippen LogP contribution in [0.5, 0.6) is 0 Å². The van der Waals surface area contributed by atoms with Gasteiger partial charge in [0.05, 0.1) is 0 Å². The summed E-state index contributed by atoms with van der Waals surface area (Å²) in [5.41, 5.74) is 5.74. The minimum Gasteiger partial charge on any atom is -0.345 e. The second kappa shape index (κ2) is 3.84. The van der Waals surface area contributed by atoms with E-state index < -0.39 is 0 Å². The molecule has 0 aliphatic carbocycles. The lowest BCUT2D eigenvalue weighted by Gasteiger charge is -2.15. The summed E-state index contributed by atoms with van der Waals surface area (Å²) in [5.74, 6) is 0.161. The lowest BCUT2D eigenvalue weighted by Crippen LogP contribution is -2.34. The minimum atomic E-state index is 0.161. The van der Waals surface area contributed by atoms with Crippen molar-refractivity contribution in [2.75, 3.05) is 13.1 Å². The van der Waals surface area contributed by atoms with E-state index in [0.29, 0.717) is 13.1 Å². The van der Waals surface area contributed by atoms with Crippen LogP contribution in [0.3, 0.4) is 0 Å². The fourth-order valence-electron chi connectivity index (χ4n) is 1.75. The maximum Gasteiger partial charge on any atom is 0.242 e. The van der Waals surface area contributed by atoms with Crippen molar-refractivity contribution in [3.05, 3.63) is 24.5 Å². The number of rotatable bonds is 2. The Bertz CT molecular complexity index is 307. The third-order valence-corrected chi connectivity index (χ3v) is 2.56. The van der Waals surface area contributed by atoms with Gasteiger partial charge in [-0.2, -0.15) is 0 Å². The molecule has 1 aliphatic rings. The molecular formula is C10H15N3O. The molecule has 76 valence electrons. The summed E-state index contributed by atoms with van der Waals surface area (Å²) in [7, 11) is 0. The number of hydrogen-bond donors (Lipinski definition) is 1. The molecule has 4 heteroatoms. The van der Waals surface area contributed by atoms with Crippen molar-refractivity contribution in [3.63, 3.8) is 0 Å². The molecule has 0 bridgehead atoms. The normalized spacial score (nSPS) is 21.5. The second-order valence-electron chi connectivity index (χ2n) is 3.74. The molecule has 4 nitrogen and oxygen atoms in total. The van der Waals surface area contributed by atoms with E-state index in [-0.39, 0.29) is 11.9 Å². The number of carbonyl (C=O) groups is 1. The molecule has 0 unspecified atom stereocenters. The first kappa shape index (κ1) is 9.27. The molecule has 1 aliphatic heterocycles. The topological polar surface area (TPSA) is 51.3 Å². The van der Waals surface area contributed by atoms with Gasteiger partial charge in [0, 0.05) is 31.5 Å². The molecule has 1 aromatic rings. The molecule has 0 radical (unpaired) electrons. The van der Waals surface area contributed by atoms with Gasteiger partial charge in [0.2, 0.25) is 5.91 Å². The summed E-state index contributed by atoms with van der Waals surface area (Å²) in [6.45, 7) is 1.95. The Morgan fingerprint density at radius 2 is 2.14 bits per heavy atom. The van der Waals surface area contributed by atoms with Crippen molar-refractivity contribution in [2.45, 2.75) is 19.0 Å². The lowest BCUT2D eigenvalue weighted by atomic mass is 10.3. The van der Waals surface area contributed by atoms with E-state index in [2.05, 4.69) is 0 Å². The van der Waals surface area contributed by atoms with Crippen LogP contribution in [0.15, 0.2) is 24.5 Å². The molecule has 0 spiro atoms. The van der Waals surface area contributed by atoms with Crippen molar-refractivity contribution in [1.82, 2.24) is 9.47 Å². The zero-order chi connectivity index (χ0) is 9.97. The summed E-state index contributed by atoms with van der Waals surface area (Å²) in [6, 6.07) is 4.01. The van der Waals surface area contributed by atoms with Gasteiger partial charge in [-0.05, 0) is 18.6 Å². The Hall–Kier alpha value is -1.29. The first-order valence-corrected chi connectivity index (χ1v) is 4.90. The van der Waals surface area contributed by atoms with Gasteiger partial charge in [-0.15, -0.1) is 0 Å². The fraction of sp³-hybridized carbons (Fsp3) is 0.500. The minimum absolute atomic E-state index is 0.161. The molecule has 1 amide bonds. The van der Waals surface area contributed by atoms with Gasteiger partial charge in [0.1, 0.15) is 6.54 Å². The smallest absolute Gasteiger partial charge is 0.242 e. The van der Waals surface area contributed by atoms with Crippen LogP contribution in [-0.2, 0) is 11.3 Å². The third-order valence-electron chi connectivity index (χ3n) is 2.56. The number of likely N-dealkylation sites (tertiary alicyclic amines) is 1. The van der Waals surface area contributed by atoms with Crippen LogP contribution in [-0.4, -0.2) is 34.5 Å². The van der Waals surface area contributed by atoms with E-state index in [4.69, 9.17) is 5.73 Å². The molecule has 2 heterocycles. The van der Waals surface area contributed by atoms with Crippen LogP contribution in [0.25, 0.3) is 0 Å². The highest BCUT2D eigenvalue weighted by atomic mass is 16.2. The number of amides is 1. The van der Waals surface area contributed by atoms with Crippen molar-refractivity contribution in [1.29, 1.82) is 0 Å². The maximum atomic E-state index is 11.7. The number of hydrogen-bond acceptors (Lipinski definition) is 2. The SMILES string of the molecule is N[C@H]1CCN(C(=O)Cn2cccc2)C1. The Kier molecular flexibility index (Phi) is 2.54. The van der Waals surface area contributed by atoms with Gasteiger partial charge in [0.15, 0.2) is 0 Å². The third kappa shape index (κ3) is 1.96. The van der Waals surface area contributed by atoms with Crippen LogP contribution in [0.1, 0.15) is 6.42 Å². The summed E-state index contributed by atoms with van der Waals surface area (Å²) < 4.78 is 1.88. The maximum absolute atomic E-state index is 11.7. The average molecular weight is 193 g/mol. The van der Waals surface area contributed by atoms with Crippen molar-refractivity contribution in [3.8, 4) is 0 Å². The first-order valence-electron chi connectivity index (χ1n) is 4.90. The number of nitrogens with two attached hydrogens (primary N) is 1. The Balaban J connectivity index is 1.90. The summed E-state index contributed by atoms with van der Waals surface area (Å²) >= 11 is 0. The van der Waals surface area contributed by atoms with Crippen LogP contribution in [0.4, 0.5) is 0 Å². The van der Waals surface area contributed by atoms with Crippen LogP contribution < -0.4 is 5.73 Å². The van der Waals surface area contributed by atoms with Crippen LogP contribution >= 0.6 is 0 Å². The first-order chi connectivity index (χ1) is 6.75. The molecule has 1 saturated heterocycles. The summed E-state index contributed by atoms with van der Waals surface area (Å²) in [5, 5.41) is 0. The molecule has 0 aromatic carbocycles. The van der Waals surface area contributed by atoms with Gasteiger partial charge in [-0.25, -0.2) is 0 Å². The molecule has 0 saturated carbocycles. The van der Waals surface area contributed by atoms with E-state index in [1.807, 2.05) is 34.0 Å². The number of carbonyl (C=O) groups excluding carboxylic acids is 1. The summed E-state index contributed by atoms with van der Waals surface area (Å²) in [4.78, 5) is 13.5. The van der Waals surface area contributed by atoms with Gasteiger partial charge >= 0.3 is 0 Å². The zero-order valence-corrected chi connectivity index (χ0v) is 8.10. The fourth-order valence-corrected chi connectivity index (χ4v) is 1.75. The van der Waals surface area contributed by atoms with E-state index in [9.17, 15) is 4.79 Å². The second-order valence-corrected chi connectivity index (χ2v) is 3.74. The zero-order valence-electron chi connectivity index (χ0n) is 8.10. The largest absolute Gasteiger partial charge is 0.345 e. The van der Waals surface area contributed by atoms with E-state index in [0.717, 1.165) is 13.0 Å². The van der Waals surface area contributed by atoms with E-state index >= 15 is 0 Å². The van der Waals surface area contributed by atoms with Gasteiger partial charge in [0.25, 0.3) is 0 Å². The van der Waals surface area contributed by atoms with Crippen LogP contribution in [0.2, 0.25) is 0 Å². The highest BCUT2D eigenvalue weighted by molar-refractivity contribution is 5.76. The van der Waals surface area contributed by atoms with Crippen LogP contribution in [0, 0.1) is 0 Å². The number of aromatic nitrogens is 1.